The van der Waals surface area contributed by atoms with Crippen LogP contribution in [0.25, 0.3) is 0 Å². The van der Waals surface area contributed by atoms with Crippen LogP contribution in [0.15, 0.2) is 48.6 Å². The zero-order chi connectivity index (χ0) is 7.07. The molecule has 0 saturated heterocycles. The predicted octanol–water partition coefficient (Wildman–Crippen LogP) is 3.58. The van der Waals surface area contributed by atoms with Crippen molar-refractivity contribution in [2.24, 2.45) is 0 Å². The minimum atomic E-state index is 0. The molecule has 0 spiro atoms. The Kier molecular flexibility index (Phi) is 7.16. The summed E-state index contributed by atoms with van der Waals surface area (Å²) in [4.78, 5) is 0. The standard InChI is InChI=1S/2C5H6.BrH/c2*1-2-4-5-3-1;/h2*1-4H,5H2;1H. The fourth-order valence-electron chi connectivity index (χ4n) is 0.786. The van der Waals surface area contributed by atoms with Crippen LogP contribution in [0.3, 0.4) is 0 Å². The van der Waals surface area contributed by atoms with Crippen LogP contribution in [0.5, 0.6) is 0 Å². The van der Waals surface area contributed by atoms with E-state index in [1.54, 1.807) is 0 Å². The second kappa shape index (κ2) is 7.55. The van der Waals surface area contributed by atoms with Gasteiger partial charge in [0.25, 0.3) is 0 Å². The number of allylic oxidation sites excluding steroid dienone is 8. The molecule has 0 aromatic heterocycles. The summed E-state index contributed by atoms with van der Waals surface area (Å²) in [6.45, 7) is 0. The van der Waals surface area contributed by atoms with Gasteiger partial charge in [0.2, 0.25) is 0 Å². The quantitative estimate of drug-likeness (QED) is 0.576. The van der Waals surface area contributed by atoms with Crippen LogP contribution in [0.1, 0.15) is 12.8 Å². The summed E-state index contributed by atoms with van der Waals surface area (Å²) in [6, 6.07) is 0. The van der Waals surface area contributed by atoms with E-state index in [4.69, 9.17) is 0 Å². The van der Waals surface area contributed by atoms with Crippen LogP contribution in [-0.4, -0.2) is 0 Å². The van der Waals surface area contributed by atoms with Crippen molar-refractivity contribution >= 4 is 17.0 Å². The molecule has 1 heteroatoms. The normalized spacial score (nSPS) is 16.0. The fraction of sp³-hybridized carbons (Fsp3) is 0.200. The largest absolute Gasteiger partial charge is 0.114 e. The molecule has 0 aromatic carbocycles. The van der Waals surface area contributed by atoms with Gasteiger partial charge in [0, 0.05) is 0 Å². The minimum absolute atomic E-state index is 0. The molecule has 0 fully saturated rings. The Balaban J connectivity index is 0.000000167. The lowest BCUT2D eigenvalue weighted by Crippen LogP contribution is -1.37. The van der Waals surface area contributed by atoms with Crippen molar-refractivity contribution < 1.29 is 0 Å². The van der Waals surface area contributed by atoms with E-state index in [1.807, 2.05) is 0 Å². The van der Waals surface area contributed by atoms with Gasteiger partial charge < -0.3 is 0 Å². The van der Waals surface area contributed by atoms with Crippen LogP contribution in [-0.2, 0) is 0 Å². The average Bonchev–Trinajstić information content (AvgIpc) is 2.67. The predicted molar refractivity (Wildman–Crippen MR) is 56.1 cm³/mol. The molecule has 0 amide bonds. The van der Waals surface area contributed by atoms with Crippen molar-refractivity contribution in [1.29, 1.82) is 0 Å². The lowest BCUT2D eigenvalue weighted by Gasteiger charge is -1.57. The van der Waals surface area contributed by atoms with Crippen LogP contribution < -0.4 is 0 Å². The molecule has 0 radical (unpaired) electrons. The molecule has 11 heavy (non-hydrogen) atoms. The molecule has 60 valence electrons. The first-order valence-corrected chi connectivity index (χ1v) is 3.63. The first-order valence-electron chi connectivity index (χ1n) is 3.63. The Bertz CT molecular complexity index is 143. The Morgan fingerprint density at radius 2 is 0.818 bits per heavy atom. The van der Waals surface area contributed by atoms with E-state index in [2.05, 4.69) is 48.6 Å². The van der Waals surface area contributed by atoms with Gasteiger partial charge in [0.1, 0.15) is 0 Å². The average molecular weight is 213 g/mol. The maximum Gasteiger partial charge on any atom is -0.0163 e. The zero-order valence-corrected chi connectivity index (χ0v) is 8.15. The molecule has 0 heterocycles. The summed E-state index contributed by atoms with van der Waals surface area (Å²) in [5.41, 5.74) is 0. The van der Waals surface area contributed by atoms with Crippen molar-refractivity contribution in [3.05, 3.63) is 48.6 Å². The second-order valence-corrected chi connectivity index (χ2v) is 2.18. The van der Waals surface area contributed by atoms with E-state index in [-0.39, 0.29) is 17.0 Å². The first kappa shape index (κ1) is 10.4. The third kappa shape index (κ3) is 5.86. The van der Waals surface area contributed by atoms with Crippen LogP contribution in [0.2, 0.25) is 0 Å². The molecule has 0 unspecified atom stereocenters. The number of hydrogen-bond acceptors (Lipinski definition) is 0. The van der Waals surface area contributed by atoms with E-state index in [0.29, 0.717) is 0 Å². The molecule has 0 N–H and O–H groups in total. The molecule has 0 aromatic rings. The summed E-state index contributed by atoms with van der Waals surface area (Å²) < 4.78 is 0. The van der Waals surface area contributed by atoms with E-state index in [1.165, 1.54) is 0 Å². The summed E-state index contributed by atoms with van der Waals surface area (Å²) in [5, 5.41) is 0. The molecular formula is C10H13Br. The topological polar surface area (TPSA) is 0 Å². The van der Waals surface area contributed by atoms with Gasteiger partial charge in [-0.3, -0.25) is 0 Å². The maximum absolute atomic E-state index is 2.12. The van der Waals surface area contributed by atoms with E-state index in [0.717, 1.165) is 12.8 Å². The first-order chi connectivity index (χ1) is 5.00. The van der Waals surface area contributed by atoms with Gasteiger partial charge >= 0.3 is 0 Å². The van der Waals surface area contributed by atoms with Gasteiger partial charge in [-0.05, 0) is 12.8 Å². The molecule has 0 aliphatic heterocycles. The Labute approximate surface area is 78.8 Å². The van der Waals surface area contributed by atoms with Gasteiger partial charge in [0.15, 0.2) is 0 Å². The molecular weight excluding hydrogens is 200 g/mol. The van der Waals surface area contributed by atoms with E-state index < -0.39 is 0 Å². The van der Waals surface area contributed by atoms with Crippen molar-refractivity contribution in [3.8, 4) is 0 Å². The summed E-state index contributed by atoms with van der Waals surface area (Å²) in [7, 11) is 0. The third-order valence-electron chi connectivity index (χ3n) is 1.31. The number of halogens is 1. The summed E-state index contributed by atoms with van der Waals surface area (Å²) >= 11 is 0. The molecule has 2 rings (SSSR count). The maximum atomic E-state index is 2.12. The van der Waals surface area contributed by atoms with Gasteiger partial charge in [-0.2, -0.15) is 0 Å². The Morgan fingerprint density at radius 3 is 0.909 bits per heavy atom. The van der Waals surface area contributed by atoms with Crippen LogP contribution in [0.4, 0.5) is 0 Å². The van der Waals surface area contributed by atoms with Gasteiger partial charge in [-0.25, -0.2) is 0 Å². The molecule has 0 nitrogen and oxygen atoms in total. The van der Waals surface area contributed by atoms with E-state index >= 15 is 0 Å². The minimum Gasteiger partial charge on any atom is -0.114 e. The van der Waals surface area contributed by atoms with Crippen LogP contribution in [0, 0.1) is 0 Å². The van der Waals surface area contributed by atoms with Crippen molar-refractivity contribution in [1.82, 2.24) is 0 Å². The zero-order valence-electron chi connectivity index (χ0n) is 6.44. The lowest BCUT2D eigenvalue weighted by atomic mass is 10.5. The third-order valence-corrected chi connectivity index (χ3v) is 1.31. The number of hydrogen-bond donors (Lipinski definition) is 0. The van der Waals surface area contributed by atoms with Gasteiger partial charge in [-0.1, -0.05) is 48.6 Å². The molecule has 2 aliphatic rings. The summed E-state index contributed by atoms with van der Waals surface area (Å²) in [6.07, 6.45) is 19.0. The molecule has 2 aliphatic carbocycles. The summed E-state index contributed by atoms with van der Waals surface area (Å²) in [5.74, 6) is 0. The molecule has 0 bridgehead atoms. The highest BCUT2D eigenvalue weighted by molar-refractivity contribution is 8.93. The Hall–Kier alpha value is -0.560. The van der Waals surface area contributed by atoms with Gasteiger partial charge in [-0.15, -0.1) is 17.0 Å². The van der Waals surface area contributed by atoms with Crippen molar-refractivity contribution in [2.75, 3.05) is 0 Å². The monoisotopic (exact) mass is 212 g/mol. The molecule has 0 atom stereocenters. The highest BCUT2D eigenvalue weighted by Crippen LogP contribution is 1.93. The van der Waals surface area contributed by atoms with Crippen molar-refractivity contribution in [3.63, 3.8) is 0 Å². The van der Waals surface area contributed by atoms with Gasteiger partial charge in [0.05, 0.1) is 0 Å². The van der Waals surface area contributed by atoms with Crippen LogP contribution >= 0.6 is 17.0 Å². The molecule has 0 saturated carbocycles. The SMILES string of the molecule is Br.C1=CCC=C1.C1=CCC=C1. The fourth-order valence-corrected chi connectivity index (χ4v) is 0.786. The highest BCUT2D eigenvalue weighted by atomic mass is 79.9. The second-order valence-electron chi connectivity index (χ2n) is 2.18. The Morgan fingerprint density at radius 1 is 0.545 bits per heavy atom. The van der Waals surface area contributed by atoms with E-state index in [9.17, 15) is 0 Å². The van der Waals surface area contributed by atoms with Crippen molar-refractivity contribution in [2.45, 2.75) is 12.8 Å². The highest BCUT2D eigenvalue weighted by Gasteiger charge is 1.72. The smallest absolute Gasteiger partial charge is 0.0163 e. The lowest BCUT2D eigenvalue weighted by molar-refractivity contribution is 1.45. The number of rotatable bonds is 0.